The smallest absolute Gasteiger partial charge is 0.724 e. The van der Waals surface area contributed by atoms with Gasteiger partial charge in [-0.25, -0.2) is 22.7 Å². The molecule has 3 heterocycles. The number of nitrogens with one attached hydrogen (secondary N) is 2. The molecule has 40 heavy (non-hydrogen) atoms. The first kappa shape index (κ1) is 31.8. The Balaban J connectivity index is 0.00000441. The van der Waals surface area contributed by atoms with Crippen LogP contribution in [0.4, 0.5) is 15.3 Å². The van der Waals surface area contributed by atoms with Gasteiger partial charge in [-0.05, 0) is 45.7 Å². The van der Waals surface area contributed by atoms with Crippen molar-refractivity contribution in [2.45, 2.75) is 64.3 Å². The molecular formula is C23H30N7NaO8S. The van der Waals surface area contributed by atoms with Crippen molar-refractivity contribution in [1.82, 2.24) is 30.3 Å². The van der Waals surface area contributed by atoms with Crippen LogP contribution in [-0.4, -0.2) is 86.7 Å². The Hall–Kier alpha value is -2.76. The first-order chi connectivity index (χ1) is 18.3. The van der Waals surface area contributed by atoms with Gasteiger partial charge in [-0.2, -0.15) is 9.35 Å². The average molecular weight is 588 g/mol. The van der Waals surface area contributed by atoms with Gasteiger partial charge in [-0.3, -0.25) is 4.79 Å². The first-order valence-corrected chi connectivity index (χ1v) is 13.6. The summed E-state index contributed by atoms with van der Waals surface area (Å²) in [6.45, 7) is 5.98. The number of ether oxygens (including phenoxy) is 1. The summed E-state index contributed by atoms with van der Waals surface area (Å²) in [7, 11) is -5.05. The number of aromatic nitrogens is 3. The van der Waals surface area contributed by atoms with Crippen LogP contribution in [0.2, 0.25) is 0 Å². The van der Waals surface area contributed by atoms with E-state index >= 15 is 0 Å². The van der Waals surface area contributed by atoms with E-state index in [1.54, 1.807) is 55.9 Å². The molecule has 17 heteroatoms. The third-order valence-corrected chi connectivity index (χ3v) is 6.38. The molecule has 4 amide bonds. The number of hydrogen-bond acceptors (Lipinski definition) is 10. The monoisotopic (exact) mass is 587 g/mol. The fourth-order valence-electron chi connectivity index (χ4n) is 4.37. The van der Waals surface area contributed by atoms with Crippen LogP contribution in [0.3, 0.4) is 0 Å². The minimum Gasteiger partial charge on any atom is -0.724 e. The molecule has 15 nitrogen and oxygen atoms in total. The number of alkyl carbamates (subject to hydrolysis) is 1. The molecule has 0 unspecified atom stereocenters. The van der Waals surface area contributed by atoms with Crippen LogP contribution < -0.4 is 40.2 Å². The maximum Gasteiger partial charge on any atom is 1.00 e. The number of hydrogen-bond donors (Lipinski definition) is 2. The minimum atomic E-state index is -5.05. The molecule has 2 saturated heterocycles. The van der Waals surface area contributed by atoms with Gasteiger partial charge in [0.2, 0.25) is 16.3 Å². The molecule has 0 radical (unpaired) electrons. The van der Waals surface area contributed by atoms with Gasteiger partial charge in [-0.1, -0.05) is 17.3 Å². The van der Waals surface area contributed by atoms with Gasteiger partial charge in [0.25, 0.3) is 0 Å². The quantitative estimate of drug-likeness (QED) is 0.198. The maximum absolute atomic E-state index is 12.6. The second-order valence-electron chi connectivity index (χ2n) is 10.3. The summed E-state index contributed by atoms with van der Waals surface area (Å²) < 4.78 is 43.9. The molecule has 2 atom stereocenters. The van der Waals surface area contributed by atoms with E-state index in [1.807, 2.05) is 0 Å². The molecule has 2 aliphatic rings. The van der Waals surface area contributed by atoms with E-state index < -0.39 is 34.2 Å². The summed E-state index contributed by atoms with van der Waals surface area (Å²) in [4.78, 5) is 37.9. The maximum atomic E-state index is 12.6. The van der Waals surface area contributed by atoms with Crippen molar-refractivity contribution in [3.63, 3.8) is 0 Å². The summed E-state index contributed by atoms with van der Waals surface area (Å²) in [6, 6.07) is 5.55. The van der Waals surface area contributed by atoms with Gasteiger partial charge in [-0.15, -0.1) is 5.10 Å². The molecule has 0 saturated carbocycles. The molecule has 212 valence electrons. The van der Waals surface area contributed by atoms with Crippen LogP contribution in [0.25, 0.3) is 11.3 Å². The zero-order chi connectivity index (χ0) is 28.4. The third-order valence-electron chi connectivity index (χ3n) is 6.04. The van der Waals surface area contributed by atoms with E-state index in [0.717, 1.165) is 5.56 Å². The largest absolute Gasteiger partial charge is 1.00 e. The van der Waals surface area contributed by atoms with Crippen LogP contribution in [0.5, 0.6) is 0 Å². The molecule has 1 aromatic carbocycles. The van der Waals surface area contributed by atoms with E-state index in [4.69, 9.17) is 4.74 Å². The fourth-order valence-corrected chi connectivity index (χ4v) is 4.76. The van der Waals surface area contributed by atoms with Crippen LogP contribution in [0, 0.1) is 0 Å². The number of fused-ring (bicyclic) bond motifs is 2. The zero-order valence-electron chi connectivity index (χ0n) is 22.7. The number of hydroxylamine groups is 2. The Morgan fingerprint density at radius 2 is 1.88 bits per heavy atom. The predicted molar refractivity (Wildman–Crippen MR) is 134 cm³/mol. The van der Waals surface area contributed by atoms with Crippen LogP contribution in [0.1, 0.15) is 40.0 Å². The Morgan fingerprint density at radius 3 is 2.52 bits per heavy atom. The number of benzene rings is 1. The second kappa shape index (κ2) is 12.8. The molecule has 2 N–H and O–H groups in total. The van der Waals surface area contributed by atoms with Crippen molar-refractivity contribution in [2.24, 2.45) is 0 Å². The Bertz CT molecular complexity index is 1330. The van der Waals surface area contributed by atoms with Crippen LogP contribution in [0.15, 0.2) is 30.5 Å². The Morgan fingerprint density at radius 1 is 1.18 bits per heavy atom. The number of anilines is 1. The topological polar surface area (TPSA) is 188 Å². The Kier molecular flexibility index (Phi) is 10.2. The van der Waals surface area contributed by atoms with Crippen molar-refractivity contribution in [3.05, 3.63) is 30.5 Å². The summed E-state index contributed by atoms with van der Waals surface area (Å²) in [5, 5.41) is 14.3. The molecule has 4 rings (SSSR count). The number of rotatable bonds is 9. The van der Waals surface area contributed by atoms with E-state index in [9.17, 15) is 27.4 Å². The number of carbonyl (C=O) groups excluding carboxylic acids is 3. The number of amides is 4. The number of carbonyl (C=O) groups is 3. The van der Waals surface area contributed by atoms with Crippen molar-refractivity contribution in [2.75, 3.05) is 18.4 Å². The molecular weight excluding hydrogens is 557 g/mol. The first-order valence-electron chi connectivity index (χ1n) is 12.3. The Labute approximate surface area is 253 Å². The standard InChI is InChI=1S/C23H31N7O8S.Na/c1-23(2,3)37-21(32)24-11-10-20(31)25-16-6-4-15(5-7-16)19-14-28(27-26-19)12-17-8-9-18-13-29(17)22(33)30(18)38-39(34,35)36;/h4-7,14,17-18H,8-13H2,1-3H3,(H,24,32)(H,25,31)(H,34,35,36);/q;+1/p-1/t17-,18+;/m0./s1. The molecule has 2 aromatic rings. The number of nitrogens with zero attached hydrogens (tertiary/aromatic N) is 5. The van der Waals surface area contributed by atoms with E-state index in [2.05, 4.69) is 25.2 Å². The zero-order valence-corrected chi connectivity index (χ0v) is 25.5. The normalized spacial score (nSPS) is 18.8. The molecule has 2 bridgehead atoms. The van der Waals surface area contributed by atoms with Gasteiger partial charge >= 0.3 is 41.7 Å². The fraction of sp³-hybridized carbons (Fsp3) is 0.522. The average Bonchev–Trinajstić information content (AvgIpc) is 3.38. The van der Waals surface area contributed by atoms with Crippen molar-refractivity contribution in [1.29, 1.82) is 0 Å². The summed E-state index contributed by atoms with van der Waals surface area (Å²) in [6.07, 6.45) is 2.27. The molecule has 0 spiro atoms. The van der Waals surface area contributed by atoms with Crippen molar-refractivity contribution in [3.8, 4) is 11.3 Å². The summed E-state index contributed by atoms with van der Waals surface area (Å²) in [5.41, 5.74) is 1.30. The van der Waals surface area contributed by atoms with Crippen molar-refractivity contribution < 1.29 is 65.9 Å². The van der Waals surface area contributed by atoms with Gasteiger partial charge in [0.05, 0.1) is 24.8 Å². The predicted octanol–water partition coefficient (Wildman–Crippen LogP) is -1.54. The van der Waals surface area contributed by atoms with Gasteiger partial charge in [0.1, 0.15) is 11.3 Å². The van der Waals surface area contributed by atoms with E-state index in [0.29, 0.717) is 35.8 Å². The van der Waals surface area contributed by atoms with Gasteiger partial charge in [0, 0.05) is 30.8 Å². The van der Waals surface area contributed by atoms with Gasteiger partial charge in [0.15, 0.2) is 0 Å². The molecule has 0 aliphatic carbocycles. The molecule has 1 aromatic heterocycles. The molecule has 2 aliphatic heterocycles. The molecule has 2 fully saturated rings. The minimum absolute atomic E-state index is 0. The third kappa shape index (κ3) is 8.62. The SMILES string of the molecule is CC(C)(C)OC(=O)NCCC(=O)Nc1ccc(-c2cn(C[C@@H]3CC[C@@H]4CN3C(=O)N4OS(=O)(=O)[O-])nn2)cc1.[Na+]. The van der Waals surface area contributed by atoms with Crippen molar-refractivity contribution >= 4 is 34.1 Å². The van der Waals surface area contributed by atoms with Crippen LogP contribution >= 0.6 is 0 Å². The number of piperidine rings is 1. The van der Waals surface area contributed by atoms with Gasteiger partial charge < -0.3 is 24.8 Å². The summed E-state index contributed by atoms with van der Waals surface area (Å²) in [5.74, 6) is -0.271. The van der Waals surface area contributed by atoms with E-state index in [1.165, 1.54) is 4.90 Å². The second-order valence-corrected chi connectivity index (χ2v) is 11.2. The summed E-state index contributed by atoms with van der Waals surface area (Å²) >= 11 is 0. The number of urea groups is 1. The van der Waals surface area contributed by atoms with Crippen LogP contribution in [-0.2, 0) is 30.8 Å². The van der Waals surface area contributed by atoms with E-state index in [-0.39, 0.29) is 61.0 Å².